The average Bonchev–Trinajstić information content (AvgIpc) is 1.82. The first-order valence-corrected chi connectivity index (χ1v) is 5.02. The number of nitrogens with one attached hydrogen (secondary N) is 1. The van der Waals surface area contributed by atoms with E-state index in [9.17, 15) is 8.42 Å². The van der Waals surface area contributed by atoms with Crippen LogP contribution in [0.15, 0.2) is 17.4 Å². The van der Waals surface area contributed by atoms with Gasteiger partial charge in [-0.25, -0.2) is 9.30 Å². The zero-order valence-electron chi connectivity index (χ0n) is 6.41. The Morgan fingerprint density at radius 1 is 1.75 bits per heavy atom. The summed E-state index contributed by atoms with van der Waals surface area (Å²) in [7, 11) is -3.55. The predicted octanol–water partition coefficient (Wildman–Crippen LogP) is 0.222. The fourth-order valence-corrected chi connectivity index (χ4v) is 2.32. The molecule has 7 heteroatoms. The van der Waals surface area contributed by atoms with E-state index < -0.39 is 10.2 Å². The minimum Gasteiger partial charge on any atom is -0.250 e. The lowest BCUT2D eigenvalue weighted by Gasteiger charge is -2.25. The second kappa shape index (κ2) is 2.95. The molecule has 0 saturated heterocycles. The van der Waals surface area contributed by atoms with Gasteiger partial charge in [0.2, 0.25) is 5.29 Å². The van der Waals surface area contributed by atoms with Gasteiger partial charge in [0.05, 0.1) is 0 Å². The van der Waals surface area contributed by atoms with E-state index in [1.54, 1.807) is 6.92 Å². The number of hydrogen-bond acceptors (Lipinski definition) is 3. The summed E-state index contributed by atoms with van der Waals surface area (Å²) in [5, 5.41) is -0.0822. The Morgan fingerprint density at radius 3 is 2.75 bits per heavy atom. The van der Waals surface area contributed by atoms with Crippen molar-refractivity contribution >= 4 is 27.1 Å². The second-order valence-electron chi connectivity index (χ2n) is 2.10. The molecule has 0 saturated carbocycles. The fourth-order valence-electron chi connectivity index (χ4n) is 0.794. The molecule has 1 aliphatic rings. The first-order chi connectivity index (χ1) is 5.47. The van der Waals surface area contributed by atoms with Crippen LogP contribution in [0.5, 0.6) is 0 Å². The average molecular weight is 210 g/mol. The lowest BCUT2D eigenvalue weighted by Crippen LogP contribution is -2.45. The summed E-state index contributed by atoms with van der Waals surface area (Å²) in [6, 6.07) is 0. The van der Waals surface area contributed by atoms with E-state index >= 15 is 0 Å². The highest BCUT2D eigenvalue weighted by atomic mass is 35.5. The molecule has 68 valence electrons. The van der Waals surface area contributed by atoms with E-state index in [0.717, 1.165) is 4.31 Å². The predicted molar refractivity (Wildman–Crippen MR) is 46.9 cm³/mol. The molecule has 0 radical (unpaired) electrons. The summed E-state index contributed by atoms with van der Waals surface area (Å²) in [5.74, 6) is 0.0321. The van der Waals surface area contributed by atoms with Gasteiger partial charge in [0.15, 0.2) is 0 Å². The summed E-state index contributed by atoms with van der Waals surface area (Å²) in [4.78, 5) is 3.65. The number of rotatable bonds is 1. The van der Waals surface area contributed by atoms with Crippen LogP contribution in [-0.2, 0) is 10.2 Å². The maximum Gasteiger partial charge on any atom is 0.326 e. The molecule has 0 aromatic rings. The van der Waals surface area contributed by atoms with Gasteiger partial charge < -0.3 is 0 Å². The van der Waals surface area contributed by atoms with Crippen molar-refractivity contribution in [2.75, 3.05) is 6.54 Å². The number of aliphatic imine (C=N–C) groups is 1. The Labute approximate surface area is 75.9 Å². The molecule has 12 heavy (non-hydrogen) atoms. The maximum atomic E-state index is 11.2. The minimum absolute atomic E-state index is 0.0321. The Balaban J connectivity index is 3.14. The summed E-state index contributed by atoms with van der Waals surface area (Å²) in [6.07, 6.45) is 0. The van der Waals surface area contributed by atoms with Crippen LogP contribution >= 0.6 is 11.6 Å². The first-order valence-electron chi connectivity index (χ1n) is 3.21. The highest BCUT2D eigenvalue weighted by molar-refractivity contribution is 7.88. The van der Waals surface area contributed by atoms with E-state index in [4.69, 9.17) is 11.6 Å². The third-order valence-corrected chi connectivity index (χ3v) is 3.15. The molecule has 0 aromatic heterocycles. The van der Waals surface area contributed by atoms with Crippen LogP contribution in [0, 0.1) is 0 Å². The van der Waals surface area contributed by atoms with Crippen LogP contribution in [0.2, 0.25) is 0 Å². The van der Waals surface area contributed by atoms with Crippen molar-refractivity contribution in [1.82, 2.24) is 9.03 Å². The molecule has 1 rings (SSSR count). The van der Waals surface area contributed by atoms with E-state index in [-0.39, 0.29) is 17.7 Å². The summed E-state index contributed by atoms with van der Waals surface area (Å²) in [6.45, 7) is 5.24. The zero-order valence-corrected chi connectivity index (χ0v) is 7.98. The molecule has 5 nitrogen and oxygen atoms in total. The van der Waals surface area contributed by atoms with Gasteiger partial charge in [-0.3, -0.25) is 4.72 Å². The Bertz CT molecular complexity index is 335. The Kier molecular flexibility index (Phi) is 2.29. The number of amidine groups is 1. The molecule has 0 spiro atoms. The minimum atomic E-state index is -3.55. The molecule has 1 N–H and O–H groups in total. The van der Waals surface area contributed by atoms with Gasteiger partial charge in [0.25, 0.3) is 0 Å². The smallest absolute Gasteiger partial charge is 0.250 e. The maximum absolute atomic E-state index is 11.2. The summed E-state index contributed by atoms with van der Waals surface area (Å²) in [5.41, 5.74) is 0. The van der Waals surface area contributed by atoms with Crippen molar-refractivity contribution in [3.8, 4) is 0 Å². The monoisotopic (exact) mass is 209 g/mol. The van der Waals surface area contributed by atoms with Crippen molar-refractivity contribution in [3.63, 3.8) is 0 Å². The number of halogens is 1. The molecule has 0 bridgehead atoms. The van der Waals surface area contributed by atoms with Crippen LogP contribution in [-0.4, -0.2) is 24.6 Å². The molecule has 0 unspecified atom stereocenters. The zero-order chi connectivity index (χ0) is 9.35. The van der Waals surface area contributed by atoms with E-state index in [0.29, 0.717) is 0 Å². The van der Waals surface area contributed by atoms with Crippen molar-refractivity contribution in [3.05, 3.63) is 12.4 Å². The second-order valence-corrected chi connectivity index (χ2v) is 4.03. The SMILES string of the molecule is C=C1N=C(Cl)N(CC)S(=O)(=O)N1. The van der Waals surface area contributed by atoms with Gasteiger partial charge in [-0.2, -0.15) is 8.42 Å². The van der Waals surface area contributed by atoms with Crippen LogP contribution < -0.4 is 4.72 Å². The van der Waals surface area contributed by atoms with E-state index in [1.807, 2.05) is 0 Å². The molecule has 1 heterocycles. The Morgan fingerprint density at radius 2 is 2.33 bits per heavy atom. The van der Waals surface area contributed by atoms with Crippen molar-refractivity contribution in [2.24, 2.45) is 4.99 Å². The topological polar surface area (TPSA) is 61.8 Å². The molecule has 0 amide bonds. The van der Waals surface area contributed by atoms with Crippen LogP contribution in [0.1, 0.15) is 6.92 Å². The molecule has 0 aromatic carbocycles. The van der Waals surface area contributed by atoms with Crippen LogP contribution in [0.4, 0.5) is 0 Å². The van der Waals surface area contributed by atoms with Crippen LogP contribution in [0.25, 0.3) is 0 Å². The lowest BCUT2D eigenvalue weighted by atomic mass is 10.7. The molecule has 0 atom stereocenters. The van der Waals surface area contributed by atoms with Crippen molar-refractivity contribution in [1.29, 1.82) is 0 Å². The van der Waals surface area contributed by atoms with Gasteiger partial charge in [-0.15, -0.1) is 0 Å². The highest BCUT2D eigenvalue weighted by Crippen LogP contribution is 2.12. The molecular formula is C5H8ClN3O2S. The third-order valence-electron chi connectivity index (χ3n) is 1.26. The van der Waals surface area contributed by atoms with Crippen LogP contribution in [0.3, 0.4) is 0 Å². The largest absolute Gasteiger partial charge is 0.326 e. The van der Waals surface area contributed by atoms with E-state index in [1.165, 1.54) is 0 Å². The van der Waals surface area contributed by atoms with Gasteiger partial charge >= 0.3 is 10.2 Å². The Hall–Kier alpha value is -0.750. The normalized spacial score (nSPS) is 21.7. The van der Waals surface area contributed by atoms with Gasteiger partial charge in [-0.05, 0) is 18.5 Å². The lowest BCUT2D eigenvalue weighted by molar-refractivity contribution is 0.520. The quantitative estimate of drug-likeness (QED) is 0.629. The van der Waals surface area contributed by atoms with Gasteiger partial charge in [0.1, 0.15) is 5.82 Å². The molecule has 0 aliphatic carbocycles. The summed E-state index contributed by atoms with van der Waals surface area (Å²) >= 11 is 5.56. The van der Waals surface area contributed by atoms with Crippen molar-refractivity contribution < 1.29 is 8.42 Å². The fraction of sp³-hybridized carbons (Fsp3) is 0.400. The van der Waals surface area contributed by atoms with Gasteiger partial charge in [0, 0.05) is 6.54 Å². The highest BCUT2D eigenvalue weighted by Gasteiger charge is 2.27. The first kappa shape index (κ1) is 9.34. The molecule has 1 aliphatic heterocycles. The number of nitrogens with zero attached hydrogens (tertiary/aromatic N) is 2. The third kappa shape index (κ3) is 1.54. The molecule has 0 fully saturated rings. The number of hydrogen-bond donors (Lipinski definition) is 1. The van der Waals surface area contributed by atoms with Gasteiger partial charge in [-0.1, -0.05) is 6.58 Å². The molecular weight excluding hydrogens is 202 g/mol. The standard InChI is InChI=1S/C5H8ClN3O2S/c1-3-9-5(6)7-4(2)8-12(9,10)11/h8H,2-3H2,1H3. The van der Waals surface area contributed by atoms with E-state index in [2.05, 4.69) is 16.3 Å². The summed E-state index contributed by atoms with van der Waals surface area (Å²) < 4.78 is 25.5. The van der Waals surface area contributed by atoms with Crippen molar-refractivity contribution in [2.45, 2.75) is 6.92 Å².